The summed E-state index contributed by atoms with van der Waals surface area (Å²) < 4.78 is 28.8. The summed E-state index contributed by atoms with van der Waals surface area (Å²) in [6.45, 7) is 4.77. The second kappa shape index (κ2) is 9.62. The van der Waals surface area contributed by atoms with Gasteiger partial charge in [0.05, 0.1) is 7.11 Å². The van der Waals surface area contributed by atoms with Gasteiger partial charge in [0, 0.05) is 24.1 Å². The minimum absolute atomic E-state index is 0.0468. The Kier molecular flexibility index (Phi) is 7.19. The topological polar surface area (TPSA) is 12.5 Å². The number of aryl methyl sites for hydroxylation is 2. The highest BCUT2D eigenvalue weighted by Gasteiger charge is 2.28. The molecule has 0 amide bonds. The average molecular weight is 388 g/mol. The van der Waals surface area contributed by atoms with Crippen molar-refractivity contribution in [3.63, 3.8) is 0 Å². The van der Waals surface area contributed by atoms with Crippen LogP contribution in [0.4, 0.5) is 8.78 Å². The molecule has 1 saturated carbocycles. The van der Waals surface area contributed by atoms with Gasteiger partial charge in [0.1, 0.15) is 11.6 Å². The number of rotatable bonds is 7. The molecule has 1 unspecified atom stereocenters. The van der Waals surface area contributed by atoms with E-state index < -0.39 is 11.6 Å². The molecule has 152 valence electrons. The molecule has 4 heteroatoms. The van der Waals surface area contributed by atoms with Crippen LogP contribution >= 0.6 is 0 Å². The fraction of sp³-hybridized carbons (Fsp3) is 0.500. The smallest absolute Gasteiger partial charge is 0.129 e. The van der Waals surface area contributed by atoms with E-state index in [-0.39, 0.29) is 11.5 Å². The molecule has 0 saturated heterocycles. The number of benzene rings is 2. The summed E-state index contributed by atoms with van der Waals surface area (Å²) in [6.07, 6.45) is 6.23. The zero-order valence-electron chi connectivity index (χ0n) is 17.2. The molecule has 0 radical (unpaired) electrons. The maximum atomic E-state index is 14.4. The van der Waals surface area contributed by atoms with E-state index in [1.807, 2.05) is 6.07 Å². The summed E-state index contributed by atoms with van der Waals surface area (Å²) in [4.78, 5) is 5.77. The van der Waals surface area contributed by atoms with Crippen molar-refractivity contribution in [2.75, 3.05) is 13.7 Å². The first-order chi connectivity index (χ1) is 13.5. The lowest BCUT2D eigenvalue weighted by atomic mass is 9.85. The van der Waals surface area contributed by atoms with Crippen molar-refractivity contribution in [2.24, 2.45) is 0 Å². The SMILES string of the molecule is CON(CC(Cc1c(F)cccc1F)c1c(C)cccc1C)C1CCCCC1. The molecule has 3 rings (SSSR count). The average Bonchev–Trinajstić information content (AvgIpc) is 2.69. The predicted molar refractivity (Wildman–Crippen MR) is 109 cm³/mol. The summed E-state index contributed by atoms with van der Waals surface area (Å²) in [7, 11) is 1.71. The lowest BCUT2D eigenvalue weighted by Gasteiger charge is -2.35. The van der Waals surface area contributed by atoms with Crippen molar-refractivity contribution in [1.82, 2.24) is 5.06 Å². The lowest BCUT2D eigenvalue weighted by molar-refractivity contribution is -0.171. The highest BCUT2D eigenvalue weighted by Crippen LogP contribution is 2.32. The molecular formula is C24H31F2NO. The van der Waals surface area contributed by atoms with E-state index in [0.29, 0.717) is 19.0 Å². The lowest BCUT2D eigenvalue weighted by Crippen LogP contribution is -2.39. The maximum absolute atomic E-state index is 14.4. The zero-order valence-corrected chi connectivity index (χ0v) is 17.2. The predicted octanol–water partition coefficient (Wildman–Crippen LogP) is 6.10. The quantitative estimate of drug-likeness (QED) is 0.532. The molecule has 0 N–H and O–H groups in total. The number of halogens is 2. The van der Waals surface area contributed by atoms with Gasteiger partial charge in [0.15, 0.2) is 0 Å². The Morgan fingerprint density at radius 3 is 2.11 bits per heavy atom. The maximum Gasteiger partial charge on any atom is 0.129 e. The van der Waals surface area contributed by atoms with Crippen LogP contribution in [0.2, 0.25) is 0 Å². The molecule has 1 fully saturated rings. The standard InChI is InChI=1S/C24H31F2NO/c1-17-9-7-10-18(2)24(17)19(15-21-22(25)13-8-14-23(21)26)16-27(28-3)20-11-5-4-6-12-20/h7-10,13-14,19-20H,4-6,11-12,15-16H2,1-3H3. The van der Waals surface area contributed by atoms with Crippen molar-refractivity contribution >= 4 is 0 Å². The van der Waals surface area contributed by atoms with Gasteiger partial charge >= 0.3 is 0 Å². The summed E-state index contributed by atoms with van der Waals surface area (Å²) in [5.41, 5.74) is 3.64. The van der Waals surface area contributed by atoms with E-state index >= 15 is 0 Å². The van der Waals surface area contributed by atoms with E-state index in [4.69, 9.17) is 4.84 Å². The van der Waals surface area contributed by atoms with Gasteiger partial charge in [-0.1, -0.05) is 43.5 Å². The second-order valence-corrected chi connectivity index (χ2v) is 7.98. The molecule has 2 aromatic rings. The number of hydroxylamine groups is 2. The van der Waals surface area contributed by atoms with Crippen molar-refractivity contribution < 1.29 is 13.6 Å². The molecule has 0 spiro atoms. The van der Waals surface area contributed by atoms with Gasteiger partial charge in [-0.05, 0) is 61.9 Å². The van der Waals surface area contributed by atoms with Crippen LogP contribution in [0.25, 0.3) is 0 Å². The third-order valence-corrected chi connectivity index (χ3v) is 6.08. The van der Waals surface area contributed by atoms with Crippen molar-refractivity contribution in [3.8, 4) is 0 Å². The van der Waals surface area contributed by atoms with Crippen LogP contribution < -0.4 is 0 Å². The molecule has 0 aromatic heterocycles. The van der Waals surface area contributed by atoms with Crippen LogP contribution in [0.3, 0.4) is 0 Å². The number of hydrogen-bond donors (Lipinski definition) is 0. The Bertz CT molecular complexity index is 746. The summed E-state index contributed by atoms with van der Waals surface area (Å²) in [5, 5.41) is 2.05. The van der Waals surface area contributed by atoms with Crippen LogP contribution in [0.1, 0.15) is 60.3 Å². The molecule has 0 bridgehead atoms. The Balaban J connectivity index is 1.94. The minimum Gasteiger partial charge on any atom is -0.302 e. The molecule has 1 atom stereocenters. The van der Waals surface area contributed by atoms with Gasteiger partial charge in [-0.2, -0.15) is 5.06 Å². The normalized spacial score (nSPS) is 16.5. The van der Waals surface area contributed by atoms with E-state index in [1.54, 1.807) is 7.11 Å². The highest BCUT2D eigenvalue weighted by molar-refractivity contribution is 5.38. The van der Waals surface area contributed by atoms with Gasteiger partial charge in [0.25, 0.3) is 0 Å². The summed E-state index contributed by atoms with van der Waals surface area (Å²) in [5.74, 6) is -0.995. The fourth-order valence-electron chi connectivity index (χ4n) is 4.66. The van der Waals surface area contributed by atoms with Gasteiger partial charge in [-0.3, -0.25) is 0 Å². The first kappa shape index (κ1) is 20.9. The van der Waals surface area contributed by atoms with Crippen LogP contribution in [-0.2, 0) is 11.3 Å². The summed E-state index contributed by atoms with van der Waals surface area (Å²) in [6, 6.07) is 10.7. The summed E-state index contributed by atoms with van der Waals surface area (Å²) >= 11 is 0. The molecule has 0 aliphatic heterocycles. The Morgan fingerprint density at radius 2 is 1.54 bits per heavy atom. The van der Waals surface area contributed by atoms with E-state index in [9.17, 15) is 8.78 Å². The van der Waals surface area contributed by atoms with Gasteiger partial charge in [-0.15, -0.1) is 0 Å². The highest BCUT2D eigenvalue weighted by atomic mass is 19.1. The Labute approximate surface area is 167 Å². The molecule has 28 heavy (non-hydrogen) atoms. The first-order valence-electron chi connectivity index (χ1n) is 10.3. The largest absolute Gasteiger partial charge is 0.302 e. The molecule has 2 nitrogen and oxygen atoms in total. The Morgan fingerprint density at radius 1 is 0.964 bits per heavy atom. The van der Waals surface area contributed by atoms with Crippen molar-refractivity contribution in [2.45, 2.75) is 64.3 Å². The number of hydrogen-bond acceptors (Lipinski definition) is 2. The van der Waals surface area contributed by atoms with Crippen molar-refractivity contribution in [3.05, 3.63) is 70.3 Å². The van der Waals surface area contributed by atoms with Crippen LogP contribution in [0.5, 0.6) is 0 Å². The van der Waals surface area contributed by atoms with Crippen LogP contribution in [0.15, 0.2) is 36.4 Å². The molecule has 0 heterocycles. The third-order valence-electron chi connectivity index (χ3n) is 6.08. The number of nitrogens with zero attached hydrogens (tertiary/aromatic N) is 1. The Hall–Kier alpha value is -1.78. The van der Waals surface area contributed by atoms with Crippen LogP contribution in [-0.4, -0.2) is 24.8 Å². The zero-order chi connectivity index (χ0) is 20.1. The molecular weight excluding hydrogens is 356 g/mol. The van der Waals surface area contributed by atoms with Crippen molar-refractivity contribution in [1.29, 1.82) is 0 Å². The monoisotopic (exact) mass is 387 g/mol. The van der Waals surface area contributed by atoms with Gasteiger partial charge in [-0.25, -0.2) is 8.78 Å². The second-order valence-electron chi connectivity index (χ2n) is 7.98. The van der Waals surface area contributed by atoms with Gasteiger partial charge < -0.3 is 4.84 Å². The fourth-order valence-corrected chi connectivity index (χ4v) is 4.66. The van der Waals surface area contributed by atoms with Crippen LogP contribution in [0, 0.1) is 25.5 Å². The molecule has 1 aliphatic rings. The third kappa shape index (κ3) is 4.79. The molecule has 2 aromatic carbocycles. The minimum atomic E-state index is -0.474. The molecule has 1 aliphatic carbocycles. The van der Waals surface area contributed by atoms with Gasteiger partial charge in [0.2, 0.25) is 0 Å². The first-order valence-corrected chi connectivity index (χ1v) is 10.3. The van der Waals surface area contributed by atoms with E-state index in [1.165, 1.54) is 43.0 Å². The van der Waals surface area contributed by atoms with E-state index in [2.05, 4.69) is 31.0 Å². The van der Waals surface area contributed by atoms with E-state index in [0.717, 1.165) is 24.0 Å².